The van der Waals surface area contributed by atoms with E-state index in [1.807, 2.05) is 43.3 Å². The Balaban J connectivity index is 1.43. The molecule has 0 amide bonds. The fraction of sp³-hybridized carbons (Fsp3) is 0.250. The van der Waals surface area contributed by atoms with Crippen LogP contribution in [0, 0.1) is 6.92 Å². The van der Waals surface area contributed by atoms with Crippen LogP contribution in [-0.2, 0) is 22.7 Å². The number of fused-ring (bicyclic) bond motifs is 1. The predicted molar refractivity (Wildman–Crippen MR) is 162 cm³/mol. The van der Waals surface area contributed by atoms with Crippen molar-refractivity contribution in [2.75, 3.05) is 31.7 Å². The number of aliphatic hydroxyl groups is 1. The Hall–Kier alpha value is -4.51. The van der Waals surface area contributed by atoms with Gasteiger partial charge in [0, 0.05) is 46.7 Å². The molecule has 1 aliphatic heterocycles. The second-order valence-corrected chi connectivity index (χ2v) is 10.0. The lowest BCUT2D eigenvalue weighted by molar-refractivity contribution is -0.140. The van der Waals surface area contributed by atoms with E-state index in [0.717, 1.165) is 23.1 Å². The number of aliphatic hydroxyl groups excluding tert-OH is 1. The van der Waals surface area contributed by atoms with Gasteiger partial charge in [-0.25, -0.2) is 0 Å². The largest absolute Gasteiger partial charge is 0.488 e. The van der Waals surface area contributed by atoms with Gasteiger partial charge in [-0.3, -0.25) is 14.9 Å². The molecule has 10 nitrogen and oxygen atoms in total. The van der Waals surface area contributed by atoms with E-state index < -0.39 is 18.6 Å². The molecule has 0 radical (unpaired) electrons. The molecule has 3 aromatic carbocycles. The van der Waals surface area contributed by atoms with E-state index in [-0.39, 0.29) is 19.8 Å². The predicted octanol–water partition coefficient (Wildman–Crippen LogP) is 4.66. The normalized spacial score (nSPS) is 13.4. The van der Waals surface area contributed by atoms with E-state index >= 15 is 0 Å². The summed E-state index contributed by atoms with van der Waals surface area (Å²) < 4.78 is 23.2. The molecule has 4 N–H and O–H groups in total. The van der Waals surface area contributed by atoms with E-state index in [9.17, 15) is 19.8 Å². The van der Waals surface area contributed by atoms with Gasteiger partial charge in [-0.05, 0) is 54.5 Å². The molecule has 11 heteroatoms. The number of carbonyl (C=O) groups excluding carboxylic acids is 1. The maximum Gasteiger partial charge on any atom is 0.323 e. The van der Waals surface area contributed by atoms with Crippen LogP contribution in [0.25, 0.3) is 0 Å². The topological polar surface area (TPSA) is 136 Å². The first-order valence-corrected chi connectivity index (χ1v) is 13.9. The minimum absolute atomic E-state index is 0.00956. The smallest absolute Gasteiger partial charge is 0.323 e. The first-order chi connectivity index (χ1) is 20.9. The molecular weight excluding hydrogens is 576 g/mol. The maximum absolute atomic E-state index is 11.7. The zero-order valence-corrected chi connectivity index (χ0v) is 24.3. The van der Waals surface area contributed by atoms with Crippen molar-refractivity contribution in [3.8, 4) is 23.0 Å². The van der Waals surface area contributed by atoms with Crippen molar-refractivity contribution in [3.63, 3.8) is 0 Å². The number of allylic oxidation sites excluding steroid dienone is 2. The van der Waals surface area contributed by atoms with Crippen LogP contribution in [0.3, 0.4) is 0 Å². The zero-order valence-electron chi connectivity index (χ0n) is 23.5. The highest BCUT2D eigenvalue weighted by atomic mass is 35.5. The Morgan fingerprint density at radius 3 is 2.63 bits per heavy atom. The Bertz CT molecular complexity index is 1490. The second kappa shape index (κ2) is 15.6. The summed E-state index contributed by atoms with van der Waals surface area (Å²) in [6.45, 7) is 2.65. The Morgan fingerprint density at radius 1 is 1.07 bits per heavy atom. The number of benzene rings is 3. The van der Waals surface area contributed by atoms with Gasteiger partial charge in [0.05, 0.1) is 6.61 Å². The summed E-state index contributed by atoms with van der Waals surface area (Å²) in [5, 5.41) is 25.2. The number of hydrogen-bond donors (Lipinski definition) is 4. The maximum atomic E-state index is 11.7. The number of aliphatic carboxylic acids is 1. The van der Waals surface area contributed by atoms with Crippen molar-refractivity contribution in [2.45, 2.75) is 26.1 Å². The quantitative estimate of drug-likeness (QED) is 0.110. The molecule has 3 aromatic rings. The van der Waals surface area contributed by atoms with E-state index in [0.29, 0.717) is 52.4 Å². The Morgan fingerprint density at radius 2 is 1.88 bits per heavy atom. The first kappa shape index (κ1) is 31.4. The van der Waals surface area contributed by atoms with Gasteiger partial charge in [0.1, 0.15) is 50.3 Å². The molecular formula is C32H33ClN2O8. The van der Waals surface area contributed by atoms with Crippen LogP contribution in [-0.4, -0.2) is 54.9 Å². The highest BCUT2D eigenvalue weighted by molar-refractivity contribution is 6.30. The molecule has 1 heterocycles. The first-order valence-electron chi connectivity index (χ1n) is 13.5. The number of rotatable bonds is 15. The number of carbonyl (C=O) groups is 2. The van der Waals surface area contributed by atoms with Gasteiger partial charge >= 0.3 is 5.97 Å². The SMILES string of the molecule is Cc1cc(CN[C@H](CO)C(=O)O)c(OCc2cccc(Cl)c2)cc1OC/C(C=O)=C/C=C\Nc1ccc2c(c1)OCCO2. The summed E-state index contributed by atoms with van der Waals surface area (Å²) >= 11 is 6.10. The van der Waals surface area contributed by atoms with Crippen molar-refractivity contribution in [3.05, 3.63) is 100 Å². The summed E-state index contributed by atoms with van der Waals surface area (Å²) in [4.78, 5) is 23.1. The third-order valence-electron chi connectivity index (χ3n) is 6.41. The van der Waals surface area contributed by atoms with Crippen LogP contribution in [0.4, 0.5) is 5.69 Å². The molecule has 0 spiro atoms. The van der Waals surface area contributed by atoms with Gasteiger partial charge in [-0.15, -0.1) is 0 Å². The number of halogens is 1. The second-order valence-electron chi connectivity index (χ2n) is 9.61. The molecule has 0 unspecified atom stereocenters. The van der Waals surface area contributed by atoms with Crippen LogP contribution in [0.15, 0.2) is 78.5 Å². The summed E-state index contributed by atoms with van der Waals surface area (Å²) in [5.74, 6) is 1.16. The van der Waals surface area contributed by atoms with Gasteiger partial charge in [0.2, 0.25) is 0 Å². The molecule has 0 fully saturated rings. The number of carboxylic acid groups (broad SMARTS) is 1. The lowest BCUT2D eigenvalue weighted by atomic mass is 10.1. The molecule has 0 bridgehead atoms. The van der Waals surface area contributed by atoms with E-state index in [4.69, 9.17) is 30.5 Å². The highest BCUT2D eigenvalue weighted by Gasteiger charge is 2.18. The van der Waals surface area contributed by atoms with Crippen molar-refractivity contribution in [2.24, 2.45) is 0 Å². The molecule has 1 atom stereocenters. The van der Waals surface area contributed by atoms with E-state index in [1.165, 1.54) is 0 Å². The average Bonchev–Trinajstić information content (AvgIpc) is 3.01. The summed E-state index contributed by atoms with van der Waals surface area (Å²) in [6.07, 6.45) is 5.76. The van der Waals surface area contributed by atoms with Gasteiger partial charge in [0.15, 0.2) is 11.5 Å². The Kier molecular flexibility index (Phi) is 11.4. The minimum atomic E-state index is -1.16. The number of hydrogen-bond acceptors (Lipinski definition) is 9. The number of nitrogens with one attached hydrogen (secondary N) is 2. The molecule has 4 rings (SSSR count). The van der Waals surface area contributed by atoms with Gasteiger partial charge in [-0.1, -0.05) is 29.8 Å². The monoisotopic (exact) mass is 608 g/mol. The molecule has 0 aromatic heterocycles. The van der Waals surface area contributed by atoms with Crippen molar-refractivity contribution < 1.29 is 38.7 Å². The van der Waals surface area contributed by atoms with Crippen molar-refractivity contribution in [1.29, 1.82) is 0 Å². The third kappa shape index (κ3) is 9.24. The van der Waals surface area contributed by atoms with Crippen LogP contribution in [0.5, 0.6) is 23.0 Å². The van der Waals surface area contributed by atoms with E-state index in [2.05, 4.69) is 10.6 Å². The molecule has 1 aliphatic rings. The average molecular weight is 609 g/mol. The van der Waals surface area contributed by atoms with Crippen molar-refractivity contribution in [1.82, 2.24) is 5.32 Å². The highest BCUT2D eigenvalue weighted by Crippen LogP contribution is 2.33. The molecule has 0 saturated carbocycles. The van der Waals surface area contributed by atoms with Crippen LogP contribution in [0.2, 0.25) is 5.02 Å². The number of aryl methyl sites for hydroxylation is 1. The third-order valence-corrected chi connectivity index (χ3v) is 6.64. The molecule has 0 aliphatic carbocycles. The van der Waals surface area contributed by atoms with Gasteiger partial charge in [0.25, 0.3) is 0 Å². The molecule has 226 valence electrons. The number of anilines is 1. The number of ether oxygens (including phenoxy) is 4. The lowest BCUT2D eigenvalue weighted by Gasteiger charge is -2.18. The fourth-order valence-corrected chi connectivity index (χ4v) is 4.35. The number of carboxylic acids is 1. The minimum Gasteiger partial charge on any atom is -0.488 e. The lowest BCUT2D eigenvalue weighted by Crippen LogP contribution is -2.39. The van der Waals surface area contributed by atoms with Crippen LogP contribution < -0.4 is 29.6 Å². The summed E-state index contributed by atoms with van der Waals surface area (Å²) in [6, 6.07) is 15.2. The molecule has 43 heavy (non-hydrogen) atoms. The van der Waals surface area contributed by atoms with Crippen LogP contribution in [0.1, 0.15) is 16.7 Å². The van der Waals surface area contributed by atoms with Gasteiger partial charge in [-0.2, -0.15) is 0 Å². The molecule has 0 saturated heterocycles. The zero-order chi connectivity index (χ0) is 30.6. The Labute approximate surface area is 254 Å². The van der Waals surface area contributed by atoms with Crippen LogP contribution >= 0.6 is 11.6 Å². The van der Waals surface area contributed by atoms with Crippen molar-refractivity contribution >= 4 is 29.5 Å². The number of aldehydes is 1. The summed E-state index contributed by atoms with van der Waals surface area (Å²) in [7, 11) is 0. The van der Waals surface area contributed by atoms with Gasteiger partial charge < -0.3 is 34.5 Å². The summed E-state index contributed by atoms with van der Waals surface area (Å²) in [5.41, 5.74) is 3.48. The standard InChI is InChI=1S/C32H33ClN2O8/c1-21-12-24(16-35-27(18-37)32(38)39)30(43-19-22-4-2-6-25(33)13-22)15-29(21)42-20-23(17-36)5-3-9-34-26-7-8-28-31(14-26)41-11-10-40-28/h2-9,12-15,17,27,34-35,37H,10-11,16,18-20H2,1H3,(H,38,39)/b9-3-,23-5+/t27-/m1/s1. The van der Waals surface area contributed by atoms with E-state index in [1.54, 1.807) is 36.6 Å². The fourth-order valence-electron chi connectivity index (χ4n) is 4.14.